The van der Waals surface area contributed by atoms with Crippen molar-refractivity contribution in [3.05, 3.63) is 131 Å². The molecule has 8 heteroatoms. The lowest BCUT2D eigenvalue weighted by Gasteiger charge is -2.13. The molecule has 4 aromatic carbocycles. The number of hydrogen-bond acceptors (Lipinski definition) is 6. The summed E-state index contributed by atoms with van der Waals surface area (Å²) in [5, 5.41) is 0. The first kappa shape index (κ1) is 27.8. The number of hydrogen-bond donors (Lipinski definition) is 2. The van der Waals surface area contributed by atoms with E-state index in [0.29, 0.717) is 47.3 Å². The highest BCUT2D eigenvalue weighted by Crippen LogP contribution is 2.24. The monoisotopic (exact) mass is 538 g/mol. The Bertz CT molecular complexity index is 1370. The Morgan fingerprint density at radius 2 is 0.850 bits per heavy atom. The van der Waals surface area contributed by atoms with Crippen LogP contribution < -0.4 is 30.4 Å². The zero-order chi connectivity index (χ0) is 28.2. The van der Waals surface area contributed by atoms with Crippen molar-refractivity contribution in [2.75, 3.05) is 13.2 Å². The summed E-state index contributed by atoms with van der Waals surface area (Å²) < 4.78 is 23.5. The van der Waals surface area contributed by atoms with E-state index in [1.165, 1.54) is 0 Å². The Morgan fingerprint density at radius 1 is 0.500 bits per heavy atom. The fourth-order valence-corrected chi connectivity index (χ4v) is 3.84. The van der Waals surface area contributed by atoms with Crippen molar-refractivity contribution in [2.24, 2.45) is 11.5 Å². The van der Waals surface area contributed by atoms with Gasteiger partial charge in [-0.25, -0.2) is 0 Å². The molecule has 0 fully saturated rings. The van der Waals surface area contributed by atoms with Crippen LogP contribution in [-0.4, -0.2) is 25.0 Å². The second-order valence-electron chi connectivity index (χ2n) is 8.61. The summed E-state index contributed by atoms with van der Waals surface area (Å²) in [6, 6.07) is 28.7. The van der Waals surface area contributed by atoms with Gasteiger partial charge >= 0.3 is 0 Å². The third-order valence-corrected chi connectivity index (χ3v) is 5.85. The first-order chi connectivity index (χ1) is 19.5. The van der Waals surface area contributed by atoms with Gasteiger partial charge in [-0.1, -0.05) is 60.7 Å². The maximum atomic E-state index is 11.6. The molecule has 0 aliphatic rings. The van der Waals surface area contributed by atoms with Crippen LogP contribution in [0.2, 0.25) is 0 Å². The Kier molecular flexibility index (Phi) is 9.77. The summed E-state index contributed by atoms with van der Waals surface area (Å²) in [7, 11) is 0. The van der Waals surface area contributed by atoms with Crippen LogP contribution in [0.4, 0.5) is 0 Å². The van der Waals surface area contributed by atoms with Gasteiger partial charge in [-0.2, -0.15) is 0 Å². The predicted molar refractivity (Wildman–Crippen MR) is 152 cm³/mol. The number of rotatable bonds is 14. The molecular formula is C32H30N2O6. The molecule has 0 aromatic heterocycles. The van der Waals surface area contributed by atoms with E-state index >= 15 is 0 Å². The van der Waals surface area contributed by atoms with Gasteiger partial charge in [0.1, 0.15) is 49.4 Å². The lowest BCUT2D eigenvalue weighted by atomic mass is 10.2. The molecule has 4 aromatic rings. The maximum Gasteiger partial charge on any atom is 0.252 e. The number of para-hydroxylation sites is 4. The Hall–Kier alpha value is -5.24. The van der Waals surface area contributed by atoms with E-state index in [9.17, 15) is 9.59 Å². The van der Waals surface area contributed by atoms with Gasteiger partial charge < -0.3 is 30.4 Å². The molecule has 204 valence electrons. The molecule has 4 N–H and O–H groups in total. The maximum absolute atomic E-state index is 11.6. The standard InChI is InChI=1S/C32H30N2O6/c33-31(35)25-13-3-7-17-29(25)39-21-23-11-1-5-15-27(23)37-19-9-10-20-38-28-16-6-2-12-24(28)22-40-30-18-8-4-14-26(30)32(34)36/h1-18H,19-22H2,(H2,33,35)(H2,34,36)/b10-9-. The van der Waals surface area contributed by atoms with Crippen molar-refractivity contribution in [1.29, 1.82) is 0 Å². The second kappa shape index (κ2) is 14.1. The van der Waals surface area contributed by atoms with E-state index in [-0.39, 0.29) is 13.2 Å². The number of carbonyl (C=O) groups is 2. The molecule has 0 aliphatic heterocycles. The minimum atomic E-state index is -0.545. The fraction of sp³-hybridized carbons (Fsp3) is 0.125. The van der Waals surface area contributed by atoms with Crippen LogP contribution in [0.25, 0.3) is 0 Å². The largest absolute Gasteiger partial charge is 0.489 e. The van der Waals surface area contributed by atoms with Crippen LogP contribution in [0, 0.1) is 0 Å². The average molecular weight is 539 g/mol. The van der Waals surface area contributed by atoms with Gasteiger partial charge in [0.2, 0.25) is 0 Å². The van der Waals surface area contributed by atoms with Crippen LogP contribution in [0.3, 0.4) is 0 Å². The second-order valence-corrected chi connectivity index (χ2v) is 8.61. The zero-order valence-corrected chi connectivity index (χ0v) is 21.8. The molecule has 0 atom stereocenters. The summed E-state index contributed by atoms with van der Waals surface area (Å²) in [4.78, 5) is 23.3. The third-order valence-electron chi connectivity index (χ3n) is 5.85. The zero-order valence-electron chi connectivity index (χ0n) is 21.8. The fourth-order valence-electron chi connectivity index (χ4n) is 3.84. The van der Waals surface area contributed by atoms with Crippen molar-refractivity contribution < 1.29 is 28.5 Å². The summed E-state index contributed by atoms with van der Waals surface area (Å²) in [6.07, 6.45) is 3.73. The molecular weight excluding hydrogens is 508 g/mol. The highest BCUT2D eigenvalue weighted by Gasteiger charge is 2.11. The number of carbonyl (C=O) groups excluding carboxylic acids is 2. The van der Waals surface area contributed by atoms with Gasteiger partial charge in [0.15, 0.2) is 0 Å². The van der Waals surface area contributed by atoms with Crippen LogP contribution in [0.15, 0.2) is 109 Å². The van der Waals surface area contributed by atoms with Gasteiger partial charge in [-0.05, 0) is 48.6 Å². The molecule has 0 saturated heterocycles. The lowest BCUT2D eigenvalue weighted by Crippen LogP contribution is -2.13. The number of amides is 2. The van der Waals surface area contributed by atoms with Crippen LogP contribution in [0.1, 0.15) is 31.8 Å². The van der Waals surface area contributed by atoms with E-state index in [0.717, 1.165) is 11.1 Å². The quantitative estimate of drug-likeness (QED) is 0.217. The van der Waals surface area contributed by atoms with E-state index in [1.54, 1.807) is 48.5 Å². The van der Waals surface area contributed by atoms with E-state index in [1.807, 2.05) is 60.7 Å². The highest BCUT2D eigenvalue weighted by molar-refractivity contribution is 5.96. The average Bonchev–Trinajstić information content (AvgIpc) is 2.98. The SMILES string of the molecule is NC(=O)c1ccccc1OCc1ccccc1OC/C=C\COc1ccccc1COc1ccccc1C(N)=O. The molecule has 0 heterocycles. The third kappa shape index (κ3) is 7.64. The van der Waals surface area contributed by atoms with Gasteiger partial charge in [0.05, 0.1) is 11.1 Å². The molecule has 0 unspecified atom stereocenters. The normalized spacial score (nSPS) is 10.7. The van der Waals surface area contributed by atoms with Gasteiger partial charge in [-0.15, -0.1) is 0 Å². The van der Waals surface area contributed by atoms with Crippen LogP contribution in [0.5, 0.6) is 23.0 Å². The van der Waals surface area contributed by atoms with Crippen molar-refractivity contribution in [3.8, 4) is 23.0 Å². The van der Waals surface area contributed by atoms with Crippen molar-refractivity contribution in [1.82, 2.24) is 0 Å². The molecule has 40 heavy (non-hydrogen) atoms. The molecule has 0 saturated carbocycles. The summed E-state index contributed by atoms with van der Waals surface area (Å²) in [5.41, 5.74) is 13.2. The smallest absolute Gasteiger partial charge is 0.252 e. The molecule has 8 nitrogen and oxygen atoms in total. The van der Waals surface area contributed by atoms with E-state index in [4.69, 9.17) is 30.4 Å². The predicted octanol–water partition coefficient (Wildman–Crippen LogP) is 5.06. The van der Waals surface area contributed by atoms with Crippen molar-refractivity contribution in [3.63, 3.8) is 0 Å². The first-order valence-corrected chi connectivity index (χ1v) is 12.6. The molecule has 4 rings (SSSR count). The summed E-state index contributed by atoms with van der Waals surface area (Å²) >= 11 is 0. The Labute approximate surface area is 232 Å². The Morgan fingerprint density at radius 3 is 1.25 bits per heavy atom. The molecule has 0 bridgehead atoms. The summed E-state index contributed by atoms with van der Waals surface area (Å²) in [5.74, 6) is 1.09. The van der Waals surface area contributed by atoms with Gasteiger partial charge in [-0.3, -0.25) is 9.59 Å². The minimum Gasteiger partial charge on any atom is -0.489 e. The minimum absolute atomic E-state index is 0.218. The molecule has 0 spiro atoms. The molecule has 0 aliphatic carbocycles. The molecule has 0 radical (unpaired) electrons. The highest BCUT2D eigenvalue weighted by atomic mass is 16.5. The number of benzene rings is 4. The number of nitrogens with two attached hydrogens (primary N) is 2. The summed E-state index contributed by atoms with van der Waals surface area (Å²) in [6.45, 7) is 1.09. The lowest BCUT2D eigenvalue weighted by molar-refractivity contribution is 0.0987. The Balaban J connectivity index is 1.27. The van der Waals surface area contributed by atoms with Gasteiger partial charge in [0.25, 0.3) is 11.8 Å². The number of ether oxygens (including phenoxy) is 4. The van der Waals surface area contributed by atoms with Crippen molar-refractivity contribution in [2.45, 2.75) is 13.2 Å². The van der Waals surface area contributed by atoms with Gasteiger partial charge in [0, 0.05) is 11.1 Å². The van der Waals surface area contributed by atoms with E-state index < -0.39 is 11.8 Å². The molecule has 2 amide bonds. The van der Waals surface area contributed by atoms with Crippen molar-refractivity contribution >= 4 is 11.8 Å². The first-order valence-electron chi connectivity index (χ1n) is 12.6. The topological polar surface area (TPSA) is 123 Å². The van der Waals surface area contributed by atoms with Crippen LogP contribution in [-0.2, 0) is 13.2 Å². The van der Waals surface area contributed by atoms with E-state index in [2.05, 4.69) is 0 Å². The van der Waals surface area contributed by atoms with Crippen LogP contribution >= 0.6 is 0 Å². The number of primary amides is 2.